The second-order valence-corrected chi connectivity index (χ2v) is 6.41. The topological polar surface area (TPSA) is 48.0 Å². The summed E-state index contributed by atoms with van der Waals surface area (Å²) in [6.07, 6.45) is 2.08. The molecule has 0 heterocycles. The van der Waals surface area contributed by atoms with Gasteiger partial charge in [0.25, 0.3) is 0 Å². The van der Waals surface area contributed by atoms with E-state index in [0.29, 0.717) is 19.2 Å². The Labute approximate surface area is 154 Å². The quantitative estimate of drug-likeness (QED) is 0.692. The van der Waals surface area contributed by atoms with Gasteiger partial charge in [-0.1, -0.05) is 30.3 Å². The van der Waals surface area contributed by atoms with Gasteiger partial charge in [0.1, 0.15) is 18.1 Å². The highest BCUT2D eigenvalue weighted by Gasteiger charge is 2.33. The maximum atomic E-state index is 12.7. The number of benzene rings is 2. The molecule has 1 amide bonds. The highest BCUT2D eigenvalue weighted by Crippen LogP contribution is 2.32. The highest BCUT2D eigenvalue weighted by molar-refractivity contribution is 5.78. The smallest absolute Gasteiger partial charge is 0.249 e. The fourth-order valence-corrected chi connectivity index (χ4v) is 2.91. The Hall–Kier alpha value is -2.53. The zero-order valence-electron chi connectivity index (χ0n) is 15.3. The predicted molar refractivity (Wildman–Crippen MR) is 99.2 cm³/mol. The molecule has 1 saturated carbocycles. The molecule has 0 aliphatic heterocycles. The molecule has 0 bridgehead atoms. The molecule has 2 aromatic carbocycles. The van der Waals surface area contributed by atoms with E-state index in [2.05, 4.69) is 0 Å². The van der Waals surface area contributed by atoms with Gasteiger partial charge in [0.05, 0.1) is 20.8 Å². The largest absolute Gasteiger partial charge is 0.497 e. The minimum Gasteiger partial charge on any atom is -0.497 e. The number of rotatable bonds is 9. The van der Waals surface area contributed by atoms with Crippen LogP contribution in [0.2, 0.25) is 0 Å². The monoisotopic (exact) mass is 355 g/mol. The summed E-state index contributed by atoms with van der Waals surface area (Å²) in [6, 6.07) is 15.8. The number of hydrogen-bond donors (Lipinski definition) is 0. The van der Waals surface area contributed by atoms with Crippen LogP contribution in [0.4, 0.5) is 0 Å². The second-order valence-electron chi connectivity index (χ2n) is 6.41. The number of hydrogen-bond acceptors (Lipinski definition) is 4. The molecule has 0 radical (unpaired) electrons. The van der Waals surface area contributed by atoms with Gasteiger partial charge in [-0.2, -0.15) is 0 Å². The van der Waals surface area contributed by atoms with Crippen molar-refractivity contribution in [1.29, 1.82) is 0 Å². The third kappa shape index (κ3) is 4.76. The molecule has 3 rings (SSSR count). The highest BCUT2D eigenvalue weighted by atomic mass is 16.5. The van der Waals surface area contributed by atoms with Crippen molar-refractivity contribution in [2.75, 3.05) is 20.8 Å². The van der Waals surface area contributed by atoms with Crippen molar-refractivity contribution in [3.63, 3.8) is 0 Å². The van der Waals surface area contributed by atoms with Crippen LogP contribution in [0.1, 0.15) is 24.0 Å². The fraction of sp³-hybridized carbons (Fsp3) is 0.381. The molecule has 0 atom stereocenters. The van der Waals surface area contributed by atoms with E-state index >= 15 is 0 Å². The number of carbonyl (C=O) groups is 1. The maximum absolute atomic E-state index is 12.7. The van der Waals surface area contributed by atoms with Crippen molar-refractivity contribution in [3.05, 3.63) is 59.7 Å². The molecular weight excluding hydrogens is 330 g/mol. The SMILES string of the molecule is COc1ccc(OC)c(CN(C(=O)COCc2ccccc2)C2CC2)c1. The van der Waals surface area contributed by atoms with Gasteiger partial charge in [-0.25, -0.2) is 0 Å². The van der Waals surface area contributed by atoms with Crippen LogP contribution in [0.3, 0.4) is 0 Å². The van der Waals surface area contributed by atoms with Crippen molar-refractivity contribution in [3.8, 4) is 11.5 Å². The van der Waals surface area contributed by atoms with E-state index in [1.165, 1.54) is 0 Å². The predicted octanol–water partition coefficient (Wildman–Crippen LogP) is 3.41. The third-order valence-electron chi connectivity index (χ3n) is 4.47. The molecule has 1 aliphatic rings. The fourth-order valence-electron chi connectivity index (χ4n) is 2.91. The van der Waals surface area contributed by atoms with Gasteiger partial charge in [-0.05, 0) is 36.6 Å². The van der Waals surface area contributed by atoms with E-state index in [9.17, 15) is 4.79 Å². The first kappa shape index (κ1) is 18.3. The first-order valence-corrected chi connectivity index (χ1v) is 8.83. The van der Waals surface area contributed by atoms with Gasteiger partial charge in [-0.3, -0.25) is 4.79 Å². The Morgan fingerprint density at radius 1 is 1.08 bits per heavy atom. The molecule has 2 aromatic rings. The molecule has 1 fully saturated rings. The summed E-state index contributed by atoms with van der Waals surface area (Å²) >= 11 is 0. The standard InChI is InChI=1S/C21H25NO4/c1-24-19-10-11-20(25-2)17(12-19)13-22(18-8-9-18)21(23)15-26-14-16-6-4-3-5-7-16/h3-7,10-12,18H,8-9,13-15H2,1-2H3. The zero-order valence-corrected chi connectivity index (χ0v) is 15.3. The van der Waals surface area contributed by atoms with Crippen LogP contribution in [0.25, 0.3) is 0 Å². The average Bonchev–Trinajstić information content (AvgIpc) is 3.51. The van der Waals surface area contributed by atoms with Gasteiger partial charge in [0, 0.05) is 18.2 Å². The van der Waals surface area contributed by atoms with E-state index in [-0.39, 0.29) is 12.5 Å². The Balaban J connectivity index is 1.63. The van der Waals surface area contributed by atoms with Crippen molar-refractivity contribution < 1.29 is 19.0 Å². The molecule has 0 spiro atoms. The van der Waals surface area contributed by atoms with Crippen molar-refractivity contribution >= 4 is 5.91 Å². The van der Waals surface area contributed by atoms with Crippen LogP contribution < -0.4 is 9.47 Å². The second kappa shape index (κ2) is 8.72. The van der Waals surface area contributed by atoms with E-state index < -0.39 is 0 Å². The van der Waals surface area contributed by atoms with Crippen LogP contribution in [0.5, 0.6) is 11.5 Å². The van der Waals surface area contributed by atoms with E-state index in [1.807, 2.05) is 53.4 Å². The summed E-state index contributed by atoms with van der Waals surface area (Å²) in [7, 11) is 3.27. The van der Waals surface area contributed by atoms with E-state index in [0.717, 1.165) is 35.5 Å². The number of ether oxygens (including phenoxy) is 3. The van der Waals surface area contributed by atoms with Gasteiger partial charge in [0.15, 0.2) is 0 Å². The summed E-state index contributed by atoms with van der Waals surface area (Å²) in [6.45, 7) is 1.02. The summed E-state index contributed by atoms with van der Waals surface area (Å²) in [5.41, 5.74) is 2.00. The number of carbonyl (C=O) groups excluding carboxylic acids is 1. The van der Waals surface area contributed by atoms with Gasteiger partial charge in [-0.15, -0.1) is 0 Å². The number of nitrogens with zero attached hydrogens (tertiary/aromatic N) is 1. The minimum absolute atomic E-state index is 0.00769. The van der Waals surface area contributed by atoms with Gasteiger partial charge >= 0.3 is 0 Å². The summed E-state index contributed by atoms with van der Waals surface area (Å²) in [5.74, 6) is 1.52. The normalized spacial score (nSPS) is 13.3. The van der Waals surface area contributed by atoms with Crippen molar-refractivity contribution in [2.24, 2.45) is 0 Å². The zero-order chi connectivity index (χ0) is 18.4. The summed E-state index contributed by atoms with van der Waals surface area (Å²) < 4.78 is 16.4. The molecule has 5 nitrogen and oxygen atoms in total. The summed E-state index contributed by atoms with van der Waals surface area (Å²) in [5, 5.41) is 0. The van der Waals surface area contributed by atoms with E-state index in [1.54, 1.807) is 14.2 Å². The number of amides is 1. The Kier molecular flexibility index (Phi) is 6.12. The molecule has 0 saturated heterocycles. The average molecular weight is 355 g/mol. The first-order valence-electron chi connectivity index (χ1n) is 8.83. The van der Waals surface area contributed by atoms with Crippen molar-refractivity contribution in [1.82, 2.24) is 4.90 Å². The van der Waals surface area contributed by atoms with E-state index in [4.69, 9.17) is 14.2 Å². The molecule has 0 aromatic heterocycles. The molecular formula is C21H25NO4. The lowest BCUT2D eigenvalue weighted by atomic mass is 10.1. The van der Waals surface area contributed by atoms with Crippen LogP contribution in [0, 0.1) is 0 Å². The molecule has 26 heavy (non-hydrogen) atoms. The lowest BCUT2D eigenvalue weighted by molar-refractivity contribution is -0.137. The molecule has 0 N–H and O–H groups in total. The van der Waals surface area contributed by atoms with Crippen LogP contribution >= 0.6 is 0 Å². The molecule has 5 heteroatoms. The van der Waals surface area contributed by atoms with Crippen LogP contribution in [-0.4, -0.2) is 37.7 Å². The van der Waals surface area contributed by atoms with Crippen LogP contribution in [-0.2, 0) is 22.7 Å². The van der Waals surface area contributed by atoms with Gasteiger partial charge < -0.3 is 19.1 Å². The van der Waals surface area contributed by atoms with Crippen LogP contribution in [0.15, 0.2) is 48.5 Å². The molecule has 138 valence electrons. The Morgan fingerprint density at radius 2 is 1.85 bits per heavy atom. The third-order valence-corrected chi connectivity index (χ3v) is 4.47. The van der Waals surface area contributed by atoms with Crippen molar-refractivity contribution in [2.45, 2.75) is 32.0 Å². The minimum atomic E-state index is 0.00769. The first-order chi connectivity index (χ1) is 12.7. The lowest BCUT2D eigenvalue weighted by Crippen LogP contribution is -2.35. The molecule has 0 unspecified atom stereocenters. The van der Waals surface area contributed by atoms with Gasteiger partial charge in [0.2, 0.25) is 5.91 Å². The lowest BCUT2D eigenvalue weighted by Gasteiger charge is -2.24. The molecule has 1 aliphatic carbocycles. The Bertz CT molecular complexity index is 728. The summed E-state index contributed by atoms with van der Waals surface area (Å²) in [4.78, 5) is 14.6. The Morgan fingerprint density at radius 3 is 2.50 bits per heavy atom. The number of methoxy groups -OCH3 is 2. The maximum Gasteiger partial charge on any atom is 0.249 e.